The predicted octanol–water partition coefficient (Wildman–Crippen LogP) is 4.65. The first kappa shape index (κ1) is 24.6. The van der Waals surface area contributed by atoms with E-state index in [0.717, 1.165) is 18.9 Å². The van der Waals surface area contributed by atoms with Crippen LogP contribution in [-0.2, 0) is 9.57 Å². The molecule has 0 aliphatic carbocycles. The van der Waals surface area contributed by atoms with Crippen LogP contribution in [0.1, 0.15) is 33.6 Å². The maximum absolute atomic E-state index is 13.9. The summed E-state index contributed by atoms with van der Waals surface area (Å²) in [6, 6.07) is 2.91. The van der Waals surface area contributed by atoms with Crippen LogP contribution in [-0.4, -0.2) is 53.5 Å². The molecule has 0 spiro atoms. The van der Waals surface area contributed by atoms with Gasteiger partial charge in [0, 0.05) is 44.9 Å². The molecule has 11 heteroatoms. The largest absolute Gasteiger partial charge is 0.528 e. The van der Waals surface area contributed by atoms with Crippen LogP contribution >= 0.6 is 0 Å². The molecule has 3 rings (SSSR count). The molecule has 0 unspecified atom stereocenters. The van der Waals surface area contributed by atoms with Crippen LogP contribution in [0, 0.1) is 23.4 Å². The molecule has 1 aromatic carbocycles. The molecule has 1 aromatic heterocycles. The van der Waals surface area contributed by atoms with Gasteiger partial charge in [0.15, 0.2) is 11.6 Å². The number of nitrogens with zero attached hydrogens (tertiary/aromatic N) is 4. The van der Waals surface area contributed by atoms with Crippen LogP contribution in [0.15, 0.2) is 24.5 Å². The lowest BCUT2D eigenvalue weighted by atomic mass is 9.97. The monoisotopic (exact) mass is 467 g/mol. The Morgan fingerprint density at radius 3 is 2.55 bits per heavy atom. The summed E-state index contributed by atoms with van der Waals surface area (Å²) < 4.78 is 46.0. The molecule has 1 fully saturated rings. The van der Waals surface area contributed by atoms with Crippen molar-refractivity contribution in [3.05, 3.63) is 42.0 Å². The number of nitrogens with one attached hydrogen (secondary N) is 1. The number of aromatic nitrogens is 2. The number of ether oxygens (including phenoxy) is 1. The summed E-state index contributed by atoms with van der Waals surface area (Å²) in [6.45, 7) is 7.17. The molecule has 0 radical (unpaired) electrons. The second kappa shape index (κ2) is 10.2. The van der Waals surface area contributed by atoms with E-state index in [1.807, 2.05) is 11.9 Å². The van der Waals surface area contributed by atoms with Gasteiger partial charge in [-0.2, -0.15) is 0 Å². The Bertz CT molecular complexity index is 978. The SMILES string of the molecule is CN(CC1CCN(OC(=O)OC(C)(C)C)CC1)c1cc(Nc2cc(F)cc(F)c2F)ncn1. The first-order chi connectivity index (χ1) is 15.5. The van der Waals surface area contributed by atoms with E-state index in [1.54, 1.807) is 31.9 Å². The molecule has 0 amide bonds. The lowest BCUT2D eigenvalue weighted by molar-refractivity contribution is -0.154. The molecule has 1 aliphatic rings. The number of anilines is 3. The van der Waals surface area contributed by atoms with Gasteiger partial charge in [-0.05, 0) is 39.5 Å². The van der Waals surface area contributed by atoms with Crippen molar-refractivity contribution in [2.75, 3.05) is 36.9 Å². The fourth-order valence-corrected chi connectivity index (χ4v) is 3.45. The normalized spacial score (nSPS) is 15.2. The smallest absolute Gasteiger partial charge is 0.427 e. The van der Waals surface area contributed by atoms with Gasteiger partial charge in [-0.15, -0.1) is 5.06 Å². The molecule has 2 heterocycles. The van der Waals surface area contributed by atoms with E-state index in [4.69, 9.17) is 9.57 Å². The van der Waals surface area contributed by atoms with E-state index in [2.05, 4.69) is 15.3 Å². The third-order valence-corrected chi connectivity index (χ3v) is 5.00. The molecule has 180 valence electrons. The van der Waals surface area contributed by atoms with Crippen molar-refractivity contribution in [1.82, 2.24) is 15.0 Å². The van der Waals surface area contributed by atoms with E-state index >= 15 is 0 Å². The molecule has 1 N–H and O–H groups in total. The van der Waals surface area contributed by atoms with Gasteiger partial charge >= 0.3 is 6.16 Å². The highest BCUT2D eigenvalue weighted by molar-refractivity contribution is 5.60. The van der Waals surface area contributed by atoms with Gasteiger partial charge in [-0.3, -0.25) is 0 Å². The van der Waals surface area contributed by atoms with Gasteiger partial charge in [0.2, 0.25) is 0 Å². The Morgan fingerprint density at radius 2 is 1.88 bits per heavy atom. The Kier molecular flexibility index (Phi) is 7.62. The maximum atomic E-state index is 13.9. The van der Waals surface area contributed by atoms with Gasteiger partial charge in [-0.1, -0.05) is 0 Å². The second-order valence-electron chi connectivity index (χ2n) is 8.94. The zero-order valence-corrected chi connectivity index (χ0v) is 19.1. The number of hydrogen-bond acceptors (Lipinski definition) is 8. The van der Waals surface area contributed by atoms with E-state index in [9.17, 15) is 18.0 Å². The number of carbonyl (C=O) groups is 1. The summed E-state index contributed by atoms with van der Waals surface area (Å²) >= 11 is 0. The van der Waals surface area contributed by atoms with Crippen molar-refractivity contribution in [3.8, 4) is 0 Å². The highest BCUT2D eigenvalue weighted by atomic mass is 19.2. The Hall–Kier alpha value is -3.08. The van der Waals surface area contributed by atoms with E-state index in [1.165, 1.54) is 6.33 Å². The van der Waals surface area contributed by atoms with Crippen molar-refractivity contribution in [2.45, 2.75) is 39.2 Å². The minimum absolute atomic E-state index is 0.205. The highest BCUT2D eigenvalue weighted by Gasteiger charge is 2.26. The number of benzene rings is 1. The minimum Gasteiger partial charge on any atom is -0.427 e. The van der Waals surface area contributed by atoms with Gasteiger partial charge < -0.3 is 19.8 Å². The molecule has 33 heavy (non-hydrogen) atoms. The topological polar surface area (TPSA) is 79.8 Å². The minimum atomic E-state index is -1.29. The number of hydrogen-bond donors (Lipinski definition) is 1. The zero-order valence-electron chi connectivity index (χ0n) is 19.1. The van der Waals surface area contributed by atoms with Crippen molar-refractivity contribution >= 4 is 23.5 Å². The molecule has 1 aliphatic heterocycles. The summed E-state index contributed by atoms with van der Waals surface area (Å²) in [5.74, 6) is -2.27. The molecule has 8 nitrogen and oxygen atoms in total. The molecule has 1 saturated heterocycles. The van der Waals surface area contributed by atoms with Crippen molar-refractivity contribution < 1.29 is 27.5 Å². The molecular formula is C22H28F3N5O3. The summed E-state index contributed by atoms with van der Waals surface area (Å²) in [6.07, 6.45) is 2.18. The molecular weight excluding hydrogens is 439 g/mol. The van der Waals surface area contributed by atoms with Gasteiger partial charge in [0.25, 0.3) is 0 Å². The van der Waals surface area contributed by atoms with E-state index in [-0.39, 0.29) is 11.5 Å². The quantitative estimate of drug-likeness (QED) is 0.486. The lowest BCUT2D eigenvalue weighted by Gasteiger charge is -2.33. The maximum Gasteiger partial charge on any atom is 0.528 e. The zero-order chi connectivity index (χ0) is 24.2. The number of carbonyl (C=O) groups excluding carboxylic acids is 1. The molecule has 2 aromatic rings. The highest BCUT2D eigenvalue weighted by Crippen LogP contribution is 2.25. The summed E-state index contributed by atoms with van der Waals surface area (Å²) in [5, 5.41) is 4.19. The Balaban J connectivity index is 1.53. The van der Waals surface area contributed by atoms with Gasteiger partial charge in [-0.25, -0.2) is 27.9 Å². The first-order valence-corrected chi connectivity index (χ1v) is 10.6. The third kappa shape index (κ3) is 7.21. The standard InChI is InChI=1S/C22H28F3N5O3/c1-22(2,3)32-21(31)33-30-7-5-14(6-8-30)12-29(4)19-11-18(26-13-27-19)28-17-10-15(23)9-16(24)20(17)25/h9-11,13-14H,5-8,12H2,1-4H3,(H,26,27,28). The molecule has 0 atom stereocenters. The number of halogens is 3. The number of rotatable bonds is 6. The Morgan fingerprint density at radius 1 is 1.18 bits per heavy atom. The van der Waals surface area contributed by atoms with Crippen LogP contribution in [0.4, 0.5) is 35.3 Å². The number of piperidine rings is 1. The first-order valence-electron chi connectivity index (χ1n) is 10.6. The third-order valence-electron chi connectivity index (χ3n) is 5.00. The van der Waals surface area contributed by atoms with Crippen LogP contribution in [0.2, 0.25) is 0 Å². The Labute approximate surface area is 190 Å². The average Bonchev–Trinajstić information content (AvgIpc) is 2.72. The number of hydroxylamine groups is 2. The predicted molar refractivity (Wildman–Crippen MR) is 117 cm³/mol. The summed E-state index contributed by atoms with van der Waals surface area (Å²) in [7, 11) is 1.86. The lowest BCUT2D eigenvalue weighted by Crippen LogP contribution is -2.40. The summed E-state index contributed by atoms with van der Waals surface area (Å²) in [4.78, 5) is 27.2. The second-order valence-corrected chi connectivity index (χ2v) is 8.94. The van der Waals surface area contributed by atoms with Crippen molar-refractivity contribution in [1.29, 1.82) is 0 Å². The molecule has 0 bridgehead atoms. The fourth-order valence-electron chi connectivity index (χ4n) is 3.45. The van der Waals surface area contributed by atoms with Crippen LogP contribution in [0.3, 0.4) is 0 Å². The van der Waals surface area contributed by atoms with Gasteiger partial charge in [0.05, 0.1) is 5.69 Å². The van der Waals surface area contributed by atoms with Crippen LogP contribution < -0.4 is 10.2 Å². The summed E-state index contributed by atoms with van der Waals surface area (Å²) in [5.41, 5.74) is -0.963. The van der Waals surface area contributed by atoms with Gasteiger partial charge in [0.1, 0.15) is 29.4 Å². The average molecular weight is 467 g/mol. The van der Waals surface area contributed by atoms with E-state index < -0.39 is 29.2 Å². The van der Waals surface area contributed by atoms with Crippen LogP contribution in [0.5, 0.6) is 0 Å². The van der Waals surface area contributed by atoms with Crippen molar-refractivity contribution in [3.63, 3.8) is 0 Å². The fraction of sp³-hybridized carbons (Fsp3) is 0.500. The van der Waals surface area contributed by atoms with Crippen LogP contribution in [0.25, 0.3) is 0 Å². The van der Waals surface area contributed by atoms with Crippen molar-refractivity contribution in [2.24, 2.45) is 5.92 Å². The molecule has 0 saturated carbocycles. The van der Waals surface area contributed by atoms with E-state index in [0.29, 0.717) is 37.4 Å².